The third-order valence-corrected chi connectivity index (χ3v) is 4.54. The molecule has 1 aliphatic rings. The lowest BCUT2D eigenvalue weighted by Gasteiger charge is -2.18. The fourth-order valence-electron chi connectivity index (χ4n) is 3.19. The summed E-state index contributed by atoms with van der Waals surface area (Å²) in [4.78, 5) is 16.2. The van der Waals surface area contributed by atoms with Crippen LogP contribution in [0, 0.1) is 12.8 Å². The SMILES string of the molecule is Cc1cc(C(=O)NC[C@H](O)C2CCCC2)ccc1-n1cncn1. The number of amides is 1. The molecule has 0 saturated heterocycles. The molecule has 2 aromatic rings. The van der Waals surface area contributed by atoms with E-state index >= 15 is 0 Å². The van der Waals surface area contributed by atoms with Crippen molar-refractivity contribution >= 4 is 5.91 Å². The number of nitrogens with zero attached hydrogens (tertiary/aromatic N) is 3. The number of aryl methyl sites for hydroxylation is 1. The normalized spacial score (nSPS) is 16.4. The molecule has 2 N–H and O–H groups in total. The first kappa shape index (κ1) is 15.7. The Morgan fingerprint density at radius 3 is 2.87 bits per heavy atom. The molecule has 1 aromatic heterocycles. The Morgan fingerprint density at radius 2 is 2.22 bits per heavy atom. The fraction of sp³-hybridized carbons (Fsp3) is 0.471. The van der Waals surface area contributed by atoms with Gasteiger partial charge in [0.25, 0.3) is 5.91 Å². The lowest BCUT2D eigenvalue weighted by atomic mass is 10.0. The fourth-order valence-corrected chi connectivity index (χ4v) is 3.19. The van der Waals surface area contributed by atoms with Crippen LogP contribution in [0.25, 0.3) is 5.69 Å². The van der Waals surface area contributed by atoms with E-state index in [1.807, 2.05) is 19.1 Å². The van der Waals surface area contributed by atoms with E-state index in [2.05, 4.69) is 15.4 Å². The van der Waals surface area contributed by atoms with Gasteiger partial charge in [-0.05, 0) is 49.4 Å². The molecule has 0 aliphatic heterocycles. The molecule has 0 bridgehead atoms. The van der Waals surface area contributed by atoms with Crippen LogP contribution >= 0.6 is 0 Å². The maximum atomic E-state index is 12.3. The van der Waals surface area contributed by atoms with Gasteiger partial charge < -0.3 is 10.4 Å². The summed E-state index contributed by atoms with van der Waals surface area (Å²) in [5, 5.41) is 17.1. The Hall–Kier alpha value is -2.21. The number of aliphatic hydroxyl groups is 1. The summed E-state index contributed by atoms with van der Waals surface area (Å²) in [7, 11) is 0. The van der Waals surface area contributed by atoms with Crippen molar-refractivity contribution in [3.63, 3.8) is 0 Å². The minimum atomic E-state index is -0.447. The van der Waals surface area contributed by atoms with Crippen molar-refractivity contribution < 1.29 is 9.90 Å². The predicted octanol–water partition coefficient (Wildman–Crippen LogP) is 1.86. The van der Waals surface area contributed by atoms with Gasteiger partial charge in [-0.2, -0.15) is 5.10 Å². The van der Waals surface area contributed by atoms with Gasteiger partial charge in [0.15, 0.2) is 0 Å². The summed E-state index contributed by atoms with van der Waals surface area (Å²) in [5.74, 6) is 0.169. The summed E-state index contributed by atoms with van der Waals surface area (Å²) in [6.07, 6.45) is 7.13. The van der Waals surface area contributed by atoms with Gasteiger partial charge in [0.2, 0.25) is 0 Å². The van der Waals surface area contributed by atoms with Gasteiger partial charge in [-0.1, -0.05) is 12.8 Å². The topological polar surface area (TPSA) is 80.0 Å². The van der Waals surface area contributed by atoms with Crippen LogP contribution in [0.2, 0.25) is 0 Å². The summed E-state index contributed by atoms with van der Waals surface area (Å²) < 4.78 is 1.67. The quantitative estimate of drug-likeness (QED) is 0.883. The molecule has 1 aromatic carbocycles. The van der Waals surface area contributed by atoms with E-state index in [-0.39, 0.29) is 5.91 Å². The largest absolute Gasteiger partial charge is 0.391 e. The van der Waals surface area contributed by atoms with E-state index in [0.717, 1.165) is 24.1 Å². The van der Waals surface area contributed by atoms with E-state index in [9.17, 15) is 9.90 Å². The van der Waals surface area contributed by atoms with Crippen molar-refractivity contribution in [3.05, 3.63) is 42.0 Å². The van der Waals surface area contributed by atoms with Crippen LogP contribution in [0.5, 0.6) is 0 Å². The molecule has 1 atom stereocenters. The summed E-state index contributed by atoms with van der Waals surface area (Å²) >= 11 is 0. The van der Waals surface area contributed by atoms with E-state index in [0.29, 0.717) is 18.0 Å². The molecule has 0 spiro atoms. The second kappa shape index (κ2) is 6.91. The zero-order valence-corrected chi connectivity index (χ0v) is 13.3. The number of rotatable bonds is 5. The number of hydrogen-bond donors (Lipinski definition) is 2. The lowest BCUT2D eigenvalue weighted by molar-refractivity contribution is 0.0840. The second-order valence-electron chi connectivity index (χ2n) is 6.16. The molecule has 1 heterocycles. The van der Waals surface area contributed by atoms with E-state index in [4.69, 9.17) is 0 Å². The molecule has 1 fully saturated rings. The van der Waals surface area contributed by atoms with Crippen LogP contribution < -0.4 is 5.32 Å². The summed E-state index contributed by atoms with van der Waals surface area (Å²) in [5.41, 5.74) is 2.43. The van der Waals surface area contributed by atoms with E-state index in [1.165, 1.54) is 19.2 Å². The third-order valence-electron chi connectivity index (χ3n) is 4.54. The Labute approximate surface area is 135 Å². The van der Waals surface area contributed by atoms with Gasteiger partial charge in [-0.3, -0.25) is 4.79 Å². The monoisotopic (exact) mass is 314 g/mol. The minimum Gasteiger partial charge on any atom is -0.391 e. The highest BCUT2D eigenvalue weighted by Gasteiger charge is 2.23. The second-order valence-corrected chi connectivity index (χ2v) is 6.16. The van der Waals surface area contributed by atoms with Crippen molar-refractivity contribution in [1.29, 1.82) is 0 Å². The van der Waals surface area contributed by atoms with Gasteiger partial charge in [-0.25, -0.2) is 9.67 Å². The Balaban J connectivity index is 1.62. The number of carbonyl (C=O) groups excluding carboxylic acids is 1. The minimum absolute atomic E-state index is 0.157. The van der Waals surface area contributed by atoms with Gasteiger partial charge >= 0.3 is 0 Å². The number of carbonyl (C=O) groups is 1. The zero-order chi connectivity index (χ0) is 16.2. The molecule has 1 amide bonds. The average Bonchev–Trinajstić information content (AvgIpc) is 3.25. The number of aliphatic hydroxyl groups excluding tert-OH is 1. The Kier molecular flexibility index (Phi) is 4.71. The zero-order valence-electron chi connectivity index (χ0n) is 13.3. The molecule has 3 rings (SSSR count). The third kappa shape index (κ3) is 3.59. The standard InChI is InChI=1S/C17H22N4O2/c1-12-8-14(6-7-15(12)21-11-18-10-20-21)17(23)19-9-16(22)13-4-2-3-5-13/h6-8,10-11,13,16,22H,2-5,9H2,1H3,(H,19,23)/t16-/m0/s1. The Bertz CT molecular complexity index is 663. The van der Waals surface area contributed by atoms with Crippen LogP contribution in [-0.2, 0) is 0 Å². The van der Waals surface area contributed by atoms with Crippen LogP contribution in [0.15, 0.2) is 30.9 Å². The van der Waals surface area contributed by atoms with Crippen molar-refractivity contribution in [1.82, 2.24) is 20.1 Å². The van der Waals surface area contributed by atoms with Gasteiger partial charge in [-0.15, -0.1) is 0 Å². The number of benzene rings is 1. The van der Waals surface area contributed by atoms with Crippen LogP contribution in [0.3, 0.4) is 0 Å². The van der Waals surface area contributed by atoms with Crippen LogP contribution in [0.4, 0.5) is 0 Å². The van der Waals surface area contributed by atoms with Gasteiger partial charge in [0, 0.05) is 12.1 Å². The molecule has 0 unspecified atom stereocenters. The smallest absolute Gasteiger partial charge is 0.251 e. The van der Waals surface area contributed by atoms with Crippen molar-refractivity contribution in [2.75, 3.05) is 6.54 Å². The van der Waals surface area contributed by atoms with E-state index < -0.39 is 6.10 Å². The first-order valence-electron chi connectivity index (χ1n) is 8.07. The molecule has 23 heavy (non-hydrogen) atoms. The number of nitrogens with one attached hydrogen (secondary N) is 1. The van der Waals surface area contributed by atoms with E-state index in [1.54, 1.807) is 17.1 Å². The molecule has 1 saturated carbocycles. The van der Waals surface area contributed by atoms with Gasteiger partial charge in [0.05, 0.1) is 11.8 Å². The molecule has 1 aliphatic carbocycles. The van der Waals surface area contributed by atoms with Crippen LogP contribution in [-0.4, -0.2) is 38.4 Å². The lowest BCUT2D eigenvalue weighted by Crippen LogP contribution is -2.35. The molecule has 122 valence electrons. The number of aromatic nitrogens is 3. The predicted molar refractivity (Wildman–Crippen MR) is 86.4 cm³/mol. The molecular weight excluding hydrogens is 292 g/mol. The first-order chi connectivity index (χ1) is 11.1. The molecule has 0 radical (unpaired) electrons. The van der Waals surface area contributed by atoms with Crippen molar-refractivity contribution in [2.45, 2.75) is 38.7 Å². The number of hydrogen-bond acceptors (Lipinski definition) is 4. The first-order valence-corrected chi connectivity index (χ1v) is 8.07. The maximum Gasteiger partial charge on any atom is 0.251 e. The van der Waals surface area contributed by atoms with Crippen LogP contribution in [0.1, 0.15) is 41.6 Å². The van der Waals surface area contributed by atoms with Crippen molar-refractivity contribution in [2.24, 2.45) is 5.92 Å². The summed E-state index contributed by atoms with van der Waals surface area (Å²) in [6, 6.07) is 5.45. The molecule has 6 nitrogen and oxygen atoms in total. The Morgan fingerprint density at radius 1 is 1.43 bits per heavy atom. The highest BCUT2D eigenvalue weighted by molar-refractivity contribution is 5.94. The maximum absolute atomic E-state index is 12.3. The average molecular weight is 314 g/mol. The summed E-state index contributed by atoms with van der Waals surface area (Å²) in [6.45, 7) is 2.24. The van der Waals surface area contributed by atoms with Crippen molar-refractivity contribution in [3.8, 4) is 5.69 Å². The molecule has 6 heteroatoms. The highest BCUT2D eigenvalue weighted by Crippen LogP contribution is 2.27. The molecular formula is C17H22N4O2. The highest BCUT2D eigenvalue weighted by atomic mass is 16.3. The van der Waals surface area contributed by atoms with Gasteiger partial charge in [0.1, 0.15) is 12.7 Å².